The summed E-state index contributed by atoms with van der Waals surface area (Å²) in [6.07, 6.45) is -1.14. The lowest BCUT2D eigenvalue weighted by Gasteiger charge is -2.34. The number of carbonyl (C=O) groups excluding carboxylic acids is 1. The standard InChI is InChI=1S/C30H33F3N6O2/c1-20(22-5-7-23(8-6-22)38-15-13-37(2)14-16-38)25(29(34)40)17-28-36-26-11-12-35-18-27(26)39(28)19-21-3-9-24(10-4-21)41-30(31,32)33/h3-12,18,20,25H,13-17,19H2,1-2H3,(H2,34,40)/t20-,25?/m1/s1. The van der Waals surface area contributed by atoms with Gasteiger partial charge in [-0.3, -0.25) is 9.78 Å². The number of pyridine rings is 1. The Labute approximate surface area is 236 Å². The van der Waals surface area contributed by atoms with Crippen molar-refractivity contribution in [3.63, 3.8) is 0 Å². The van der Waals surface area contributed by atoms with Crippen molar-refractivity contribution in [3.05, 3.63) is 83.9 Å². The molecule has 1 aliphatic rings. The molecule has 0 radical (unpaired) electrons. The number of benzene rings is 2. The second-order valence-corrected chi connectivity index (χ2v) is 10.6. The number of imidazole rings is 1. The minimum Gasteiger partial charge on any atom is -0.406 e. The number of rotatable bonds is 9. The van der Waals surface area contributed by atoms with Gasteiger partial charge in [-0.05, 0) is 54.4 Å². The van der Waals surface area contributed by atoms with Crippen LogP contribution in [0, 0.1) is 5.92 Å². The van der Waals surface area contributed by atoms with Gasteiger partial charge in [0.2, 0.25) is 5.91 Å². The fourth-order valence-electron chi connectivity index (χ4n) is 5.34. The lowest BCUT2D eigenvalue weighted by atomic mass is 9.84. The molecule has 0 spiro atoms. The third-order valence-corrected chi connectivity index (χ3v) is 7.79. The summed E-state index contributed by atoms with van der Waals surface area (Å²) in [6, 6.07) is 15.8. The van der Waals surface area contributed by atoms with E-state index in [1.165, 1.54) is 12.1 Å². The average Bonchev–Trinajstić information content (AvgIpc) is 3.29. The lowest BCUT2D eigenvalue weighted by molar-refractivity contribution is -0.274. The van der Waals surface area contributed by atoms with Crippen LogP contribution in [-0.4, -0.2) is 64.9 Å². The van der Waals surface area contributed by atoms with Crippen LogP contribution >= 0.6 is 0 Å². The van der Waals surface area contributed by atoms with Crippen molar-refractivity contribution >= 4 is 22.6 Å². The quantitative estimate of drug-likeness (QED) is 0.319. The van der Waals surface area contributed by atoms with Crippen molar-refractivity contribution in [1.29, 1.82) is 0 Å². The number of fused-ring (bicyclic) bond motifs is 1. The molecule has 11 heteroatoms. The Kier molecular flexibility index (Phi) is 8.16. The smallest absolute Gasteiger partial charge is 0.406 e. The highest BCUT2D eigenvalue weighted by atomic mass is 19.4. The topological polar surface area (TPSA) is 89.5 Å². The first kappa shape index (κ1) is 28.4. The van der Waals surface area contributed by atoms with Gasteiger partial charge in [-0.1, -0.05) is 31.2 Å². The Balaban J connectivity index is 1.37. The fourth-order valence-corrected chi connectivity index (χ4v) is 5.34. The van der Waals surface area contributed by atoms with E-state index < -0.39 is 18.2 Å². The number of carbonyl (C=O) groups is 1. The Morgan fingerprint density at radius 2 is 1.71 bits per heavy atom. The van der Waals surface area contributed by atoms with E-state index in [4.69, 9.17) is 10.7 Å². The molecule has 5 rings (SSSR count). The van der Waals surface area contributed by atoms with Crippen LogP contribution in [0.15, 0.2) is 67.0 Å². The highest BCUT2D eigenvalue weighted by molar-refractivity contribution is 5.79. The van der Waals surface area contributed by atoms with Gasteiger partial charge in [0.15, 0.2) is 0 Å². The van der Waals surface area contributed by atoms with Crippen molar-refractivity contribution in [2.45, 2.75) is 32.2 Å². The molecule has 2 aromatic heterocycles. The summed E-state index contributed by atoms with van der Waals surface area (Å²) in [5.41, 5.74) is 10.3. The van der Waals surface area contributed by atoms with Gasteiger partial charge >= 0.3 is 6.36 Å². The van der Waals surface area contributed by atoms with Crippen LogP contribution < -0.4 is 15.4 Å². The minimum absolute atomic E-state index is 0.167. The normalized spacial score (nSPS) is 16.1. The number of ether oxygens (including phenoxy) is 1. The maximum Gasteiger partial charge on any atom is 0.573 e. The molecular weight excluding hydrogens is 533 g/mol. The predicted molar refractivity (Wildman–Crippen MR) is 151 cm³/mol. The van der Waals surface area contributed by atoms with Gasteiger partial charge in [-0.2, -0.15) is 0 Å². The molecule has 1 aliphatic heterocycles. The maximum atomic E-state index is 12.8. The zero-order valence-electron chi connectivity index (χ0n) is 23.0. The van der Waals surface area contributed by atoms with Crippen LogP contribution in [-0.2, 0) is 17.8 Å². The number of aromatic nitrogens is 3. The van der Waals surface area contributed by atoms with E-state index in [1.807, 2.05) is 11.5 Å². The van der Waals surface area contributed by atoms with Gasteiger partial charge in [0.05, 0.1) is 23.1 Å². The molecule has 2 aromatic carbocycles. The van der Waals surface area contributed by atoms with Gasteiger partial charge in [0.1, 0.15) is 11.6 Å². The van der Waals surface area contributed by atoms with E-state index in [0.717, 1.165) is 48.5 Å². The average molecular weight is 567 g/mol. The number of likely N-dealkylation sites (N-methyl/N-ethyl adjacent to an activating group) is 1. The second kappa shape index (κ2) is 11.8. The van der Waals surface area contributed by atoms with E-state index in [-0.39, 0.29) is 11.7 Å². The number of hydrogen-bond donors (Lipinski definition) is 1. The van der Waals surface area contributed by atoms with Crippen molar-refractivity contribution < 1.29 is 22.7 Å². The molecular formula is C30H33F3N6O2. The first-order valence-electron chi connectivity index (χ1n) is 13.5. The molecule has 3 heterocycles. The van der Waals surface area contributed by atoms with E-state index in [2.05, 4.69) is 50.8 Å². The summed E-state index contributed by atoms with van der Waals surface area (Å²) >= 11 is 0. The van der Waals surface area contributed by atoms with Gasteiger partial charge in [-0.25, -0.2) is 4.98 Å². The summed E-state index contributed by atoms with van der Waals surface area (Å²) in [5.74, 6) is -0.769. The third kappa shape index (κ3) is 6.79. The fraction of sp³-hybridized carbons (Fsp3) is 0.367. The van der Waals surface area contributed by atoms with E-state index >= 15 is 0 Å². The van der Waals surface area contributed by atoms with E-state index in [0.29, 0.717) is 24.3 Å². The van der Waals surface area contributed by atoms with Gasteiger partial charge in [0.25, 0.3) is 0 Å². The molecule has 41 heavy (non-hydrogen) atoms. The summed E-state index contributed by atoms with van der Waals surface area (Å²) in [7, 11) is 2.13. The van der Waals surface area contributed by atoms with Gasteiger partial charge in [0, 0.05) is 51.0 Å². The first-order valence-corrected chi connectivity index (χ1v) is 13.5. The summed E-state index contributed by atoms with van der Waals surface area (Å²) in [6.45, 7) is 6.29. The zero-order valence-corrected chi connectivity index (χ0v) is 23.0. The van der Waals surface area contributed by atoms with Crippen LogP contribution in [0.1, 0.15) is 29.8 Å². The van der Waals surface area contributed by atoms with Crippen LogP contribution in [0.25, 0.3) is 11.0 Å². The first-order chi connectivity index (χ1) is 19.6. The third-order valence-electron chi connectivity index (χ3n) is 7.79. The molecule has 2 N–H and O–H groups in total. The summed E-state index contributed by atoms with van der Waals surface area (Å²) in [5, 5.41) is 0. The van der Waals surface area contributed by atoms with Crippen LogP contribution in [0.4, 0.5) is 18.9 Å². The predicted octanol–water partition coefficient (Wildman–Crippen LogP) is 4.58. The molecule has 1 amide bonds. The SMILES string of the molecule is C[C@H](c1ccc(N2CCN(C)CC2)cc1)C(Cc1nc2ccncc2n1Cc1ccc(OC(F)(F)F)cc1)C(N)=O. The molecule has 8 nitrogen and oxygen atoms in total. The van der Waals surface area contributed by atoms with Gasteiger partial charge in [-0.15, -0.1) is 13.2 Å². The molecule has 1 unspecified atom stereocenters. The van der Waals surface area contributed by atoms with Crippen LogP contribution in [0.2, 0.25) is 0 Å². The van der Waals surface area contributed by atoms with Crippen molar-refractivity contribution in [2.75, 3.05) is 38.1 Å². The Morgan fingerprint density at radius 3 is 2.34 bits per heavy atom. The number of nitrogens with zero attached hydrogens (tertiary/aromatic N) is 5. The van der Waals surface area contributed by atoms with E-state index in [1.54, 1.807) is 30.6 Å². The van der Waals surface area contributed by atoms with Crippen molar-refractivity contribution in [2.24, 2.45) is 11.7 Å². The number of piperazine rings is 1. The minimum atomic E-state index is -4.76. The van der Waals surface area contributed by atoms with Crippen LogP contribution in [0.3, 0.4) is 0 Å². The number of primary amides is 1. The number of anilines is 1. The number of halogens is 3. The molecule has 2 atom stereocenters. The summed E-state index contributed by atoms with van der Waals surface area (Å²) < 4.78 is 43.7. The second-order valence-electron chi connectivity index (χ2n) is 10.6. The maximum absolute atomic E-state index is 12.8. The molecule has 0 aliphatic carbocycles. The Morgan fingerprint density at radius 1 is 1.02 bits per heavy atom. The monoisotopic (exact) mass is 566 g/mol. The molecule has 4 aromatic rings. The largest absolute Gasteiger partial charge is 0.573 e. The molecule has 1 fully saturated rings. The Hall–Kier alpha value is -4.12. The van der Waals surface area contributed by atoms with E-state index in [9.17, 15) is 18.0 Å². The molecule has 1 saturated heterocycles. The lowest BCUT2D eigenvalue weighted by Crippen LogP contribution is -2.44. The molecule has 216 valence electrons. The summed E-state index contributed by atoms with van der Waals surface area (Å²) in [4.78, 5) is 26.4. The van der Waals surface area contributed by atoms with Crippen LogP contribution in [0.5, 0.6) is 5.75 Å². The zero-order chi connectivity index (χ0) is 29.1. The highest BCUT2D eigenvalue weighted by Gasteiger charge is 2.31. The molecule has 0 bridgehead atoms. The van der Waals surface area contributed by atoms with Crippen molar-refractivity contribution in [3.8, 4) is 5.75 Å². The number of hydrogen-bond acceptors (Lipinski definition) is 6. The Bertz CT molecular complexity index is 1480. The van der Waals surface area contributed by atoms with Crippen molar-refractivity contribution in [1.82, 2.24) is 19.4 Å². The number of nitrogens with two attached hydrogens (primary N) is 1. The number of alkyl halides is 3. The molecule has 0 saturated carbocycles. The highest BCUT2D eigenvalue weighted by Crippen LogP contribution is 2.31. The number of amides is 1. The van der Waals surface area contributed by atoms with Gasteiger partial charge < -0.3 is 24.8 Å².